The molecule has 3 heterocycles. The van der Waals surface area contributed by atoms with E-state index in [2.05, 4.69) is 46.2 Å². The number of anilines is 1. The second-order valence-electron chi connectivity index (χ2n) is 11.9. The third kappa shape index (κ3) is 6.34. The average Bonchev–Trinajstić information content (AvgIpc) is 3.58. The summed E-state index contributed by atoms with van der Waals surface area (Å²) in [5, 5.41) is 7.43. The number of alkyl carbamates (subject to hydrolysis) is 1. The van der Waals surface area contributed by atoms with Crippen LogP contribution in [0.5, 0.6) is 0 Å². The van der Waals surface area contributed by atoms with Crippen LogP contribution in [-0.2, 0) is 22.7 Å². The van der Waals surface area contributed by atoms with Crippen molar-refractivity contribution in [1.82, 2.24) is 19.8 Å². The summed E-state index contributed by atoms with van der Waals surface area (Å²) in [6, 6.07) is 8.01. The summed E-state index contributed by atoms with van der Waals surface area (Å²) >= 11 is 3.74. The molecule has 2 atom stereocenters. The summed E-state index contributed by atoms with van der Waals surface area (Å²) in [4.78, 5) is 44.2. The number of amides is 3. The van der Waals surface area contributed by atoms with Crippen LogP contribution in [0, 0.1) is 0 Å². The Hall–Kier alpha value is -3.22. The lowest BCUT2D eigenvalue weighted by molar-refractivity contribution is 0.0642. The van der Waals surface area contributed by atoms with Gasteiger partial charge < -0.3 is 24.7 Å². The van der Waals surface area contributed by atoms with Crippen molar-refractivity contribution in [3.63, 3.8) is 0 Å². The number of halogens is 1. The first-order valence-electron chi connectivity index (χ1n) is 13.9. The normalized spacial score (nSPS) is 18.7. The Bertz CT molecular complexity index is 1450. The first kappa shape index (κ1) is 29.3. The molecule has 0 spiro atoms. The summed E-state index contributed by atoms with van der Waals surface area (Å²) in [5.41, 5.74) is 3.10. The first-order chi connectivity index (χ1) is 19.6. The van der Waals surface area contributed by atoms with Gasteiger partial charge in [0, 0.05) is 49.2 Å². The molecule has 3 aromatic rings. The number of ether oxygens (including phenoxy) is 2. The molecule has 0 bridgehead atoms. The summed E-state index contributed by atoms with van der Waals surface area (Å²) in [7, 11) is 0.142. The Morgan fingerprint density at radius 3 is 2.46 bits per heavy atom. The average molecular weight is 643 g/mol. The SMILES string of the molecule is COC(=O)N[C@@H]1CC[C@@H](Nc2c(CN3C(=O)c4ccccc4C3=O)cnc3c2c(Br)cn3COCC[Si](C)(C)C)C1. The van der Waals surface area contributed by atoms with E-state index in [1.807, 2.05) is 10.8 Å². The van der Waals surface area contributed by atoms with Crippen LogP contribution in [0.25, 0.3) is 11.0 Å². The molecule has 5 rings (SSSR count). The monoisotopic (exact) mass is 641 g/mol. The van der Waals surface area contributed by atoms with Gasteiger partial charge >= 0.3 is 6.09 Å². The first-order valence-corrected chi connectivity index (χ1v) is 18.4. The summed E-state index contributed by atoms with van der Waals surface area (Å²) in [6.07, 6.45) is 5.61. The molecule has 10 nitrogen and oxygen atoms in total. The van der Waals surface area contributed by atoms with E-state index >= 15 is 0 Å². The predicted molar refractivity (Wildman–Crippen MR) is 163 cm³/mol. The van der Waals surface area contributed by atoms with Crippen molar-refractivity contribution < 1.29 is 23.9 Å². The zero-order valence-corrected chi connectivity index (χ0v) is 26.4. The molecular formula is C29H36BrN5O5Si. The summed E-state index contributed by atoms with van der Waals surface area (Å²) in [5.74, 6) is -0.625. The standard InChI is InChI=1S/C29H36BrN5O5Si/c1-39-29(38)33-20-10-9-19(13-20)32-25-18(15-35-27(36)21-7-5-6-8-22(21)28(35)37)14-31-26-24(25)23(30)16-34(26)17-40-11-12-41(2,3)4/h5-8,14,16,19-20H,9-13,15,17H2,1-4H3,(H,31,32)(H,33,38)/t19-,20-/m1/s1. The number of carbonyl (C=O) groups is 3. The number of nitrogens with zero attached hydrogens (tertiary/aromatic N) is 3. The van der Waals surface area contributed by atoms with E-state index in [0.29, 0.717) is 30.9 Å². The highest BCUT2D eigenvalue weighted by molar-refractivity contribution is 9.10. The zero-order chi connectivity index (χ0) is 29.3. The van der Waals surface area contributed by atoms with Gasteiger partial charge in [-0.2, -0.15) is 0 Å². The van der Waals surface area contributed by atoms with Crippen molar-refractivity contribution in [1.29, 1.82) is 0 Å². The van der Waals surface area contributed by atoms with Crippen LogP contribution >= 0.6 is 15.9 Å². The van der Waals surface area contributed by atoms with Crippen LogP contribution < -0.4 is 10.6 Å². The van der Waals surface area contributed by atoms with E-state index in [9.17, 15) is 14.4 Å². The number of pyridine rings is 1. The van der Waals surface area contributed by atoms with Crippen molar-refractivity contribution >= 4 is 58.6 Å². The number of methoxy groups -OCH3 is 1. The van der Waals surface area contributed by atoms with Gasteiger partial charge in [-0.25, -0.2) is 9.78 Å². The number of imide groups is 1. The number of benzene rings is 1. The summed E-state index contributed by atoms with van der Waals surface area (Å²) in [6.45, 7) is 8.10. The molecule has 218 valence electrons. The van der Waals surface area contributed by atoms with Crippen molar-refractivity contribution in [3.8, 4) is 0 Å². The Balaban J connectivity index is 1.44. The van der Waals surface area contributed by atoms with E-state index in [1.54, 1.807) is 30.5 Å². The number of hydrogen-bond acceptors (Lipinski definition) is 7. The molecule has 1 fully saturated rings. The highest BCUT2D eigenvalue weighted by Crippen LogP contribution is 2.37. The lowest BCUT2D eigenvalue weighted by Crippen LogP contribution is -2.33. The maximum absolute atomic E-state index is 13.2. The number of nitrogens with one attached hydrogen (secondary N) is 2. The number of carbonyl (C=O) groups excluding carboxylic acids is 3. The molecule has 1 saturated carbocycles. The molecular weight excluding hydrogens is 606 g/mol. The smallest absolute Gasteiger partial charge is 0.407 e. The van der Waals surface area contributed by atoms with Gasteiger partial charge in [0.05, 0.1) is 35.9 Å². The van der Waals surface area contributed by atoms with Crippen molar-refractivity contribution in [2.24, 2.45) is 0 Å². The lowest BCUT2D eigenvalue weighted by atomic mass is 10.1. The Morgan fingerprint density at radius 2 is 1.80 bits per heavy atom. The molecule has 0 saturated heterocycles. The Kier molecular flexibility index (Phi) is 8.53. The molecule has 12 heteroatoms. The number of aromatic nitrogens is 2. The fourth-order valence-corrected chi connectivity index (χ4v) is 6.78. The van der Waals surface area contributed by atoms with Crippen molar-refractivity contribution in [3.05, 3.63) is 57.8 Å². The van der Waals surface area contributed by atoms with Crippen LogP contribution in [0.3, 0.4) is 0 Å². The van der Waals surface area contributed by atoms with Gasteiger partial charge in [-0.15, -0.1) is 0 Å². The van der Waals surface area contributed by atoms with Gasteiger partial charge in [-0.3, -0.25) is 14.5 Å². The Morgan fingerprint density at radius 1 is 1.12 bits per heavy atom. The van der Waals surface area contributed by atoms with Gasteiger partial charge in [0.15, 0.2) is 0 Å². The molecule has 2 aliphatic rings. The molecule has 2 aromatic heterocycles. The van der Waals surface area contributed by atoms with E-state index in [0.717, 1.165) is 45.6 Å². The van der Waals surface area contributed by atoms with Gasteiger partial charge in [-0.1, -0.05) is 31.8 Å². The summed E-state index contributed by atoms with van der Waals surface area (Å²) < 4.78 is 13.6. The Labute approximate surface area is 248 Å². The predicted octanol–water partition coefficient (Wildman–Crippen LogP) is 5.60. The molecule has 2 N–H and O–H groups in total. The van der Waals surface area contributed by atoms with Crippen LogP contribution in [0.2, 0.25) is 25.7 Å². The van der Waals surface area contributed by atoms with Gasteiger partial charge in [0.25, 0.3) is 11.8 Å². The van der Waals surface area contributed by atoms with E-state index < -0.39 is 14.2 Å². The van der Waals surface area contributed by atoms with Gasteiger partial charge in [0.2, 0.25) is 0 Å². The van der Waals surface area contributed by atoms with Crippen LogP contribution in [-0.4, -0.2) is 66.2 Å². The number of fused-ring (bicyclic) bond motifs is 2. The molecule has 1 aromatic carbocycles. The minimum atomic E-state index is -1.22. The number of rotatable bonds is 10. The fourth-order valence-electron chi connectivity index (χ4n) is 5.40. The maximum Gasteiger partial charge on any atom is 0.407 e. The van der Waals surface area contributed by atoms with Crippen LogP contribution in [0.4, 0.5) is 10.5 Å². The van der Waals surface area contributed by atoms with E-state index in [4.69, 9.17) is 14.5 Å². The quantitative estimate of drug-likeness (QED) is 0.168. The van der Waals surface area contributed by atoms with Gasteiger partial charge in [-0.05, 0) is 53.4 Å². The van der Waals surface area contributed by atoms with Crippen LogP contribution in [0.15, 0.2) is 41.1 Å². The van der Waals surface area contributed by atoms with E-state index in [1.165, 1.54) is 12.0 Å². The maximum atomic E-state index is 13.2. The second kappa shape index (κ2) is 11.9. The number of hydrogen-bond donors (Lipinski definition) is 2. The molecule has 3 amide bonds. The lowest BCUT2D eigenvalue weighted by Gasteiger charge is -2.22. The molecule has 1 aliphatic carbocycles. The largest absolute Gasteiger partial charge is 0.453 e. The molecule has 0 radical (unpaired) electrons. The van der Waals surface area contributed by atoms with Gasteiger partial charge in [0.1, 0.15) is 12.4 Å². The second-order valence-corrected chi connectivity index (χ2v) is 18.4. The molecule has 0 unspecified atom stereocenters. The highest BCUT2D eigenvalue weighted by atomic mass is 79.9. The molecule has 41 heavy (non-hydrogen) atoms. The third-order valence-electron chi connectivity index (χ3n) is 7.64. The third-order valence-corrected chi connectivity index (χ3v) is 9.94. The topological polar surface area (TPSA) is 115 Å². The molecule has 1 aliphatic heterocycles. The minimum Gasteiger partial charge on any atom is -0.453 e. The zero-order valence-electron chi connectivity index (χ0n) is 23.8. The highest BCUT2D eigenvalue weighted by Gasteiger charge is 2.36. The van der Waals surface area contributed by atoms with Crippen LogP contribution in [0.1, 0.15) is 45.5 Å². The van der Waals surface area contributed by atoms with Crippen molar-refractivity contribution in [2.75, 3.05) is 19.0 Å². The fraction of sp³-hybridized carbons (Fsp3) is 0.448. The van der Waals surface area contributed by atoms with Crippen molar-refractivity contribution in [2.45, 2.75) is 70.3 Å². The minimum absolute atomic E-state index is 0.00947. The van der Waals surface area contributed by atoms with E-state index in [-0.39, 0.29) is 30.4 Å².